The Labute approximate surface area is 91.0 Å². The third kappa shape index (κ3) is 4.29. The van der Waals surface area contributed by atoms with E-state index in [4.69, 9.17) is 0 Å². The smallest absolute Gasteiger partial charge is 0.242 e. The maximum absolute atomic E-state index is 11.7. The topological polar surface area (TPSA) is 70.2 Å². The average molecular weight is 215 g/mol. The molecule has 0 spiro atoms. The van der Waals surface area contributed by atoms with Crippen LogP contribution in [0.2, 0.25) is 0 Å². The van der Waals surface area contributed by atoms with Crippen molar-refractivity contribution >= 4 is 11.8 Å². The second-order valence-corrected chi connectivity index (χ2v) is 3.85. The van der Waals surface area contributed by atoms with Gasteiger partial charge in [-0.05, 0) is 19.9 Å². The van der Waals surface area contributed by atoms with E-state index in [0.29, 0.717) is 0 Å². The van der Waals surface area contributed by atoms with Crippen LogP contribution in [0.5, 0.6) is 0 Å². The van der Waals surface area contributed by atoms with Crippen LogP contribution in [0.3, 0.4) is 0 Å². The van der Waals surface area contributed by atoms with Gasteiger partial charge in [0.25, 0.3) is 0 Å². The summed E-state index contributed by atoms with van der Waals surface area (Å²) in [6.07, 6.45) is 0. The molecule has 0 aliphatic heterocycles. The quantitative estimate of drug-likeness (QED) is 0.578. The monoisotopic (exact) mass is 215 g/mol. The van der Waals surface area contributed by atoms with Gasteiger partial charge in [0.05, 0.1) is 6.04 Å². The highest BCUT2D eigenvalue weighted by Gasteiger charge is 2.23. The molecule has 1 unspecified atom stereocenters. The summed E-state index contributed by atoms with van der Waals surface area (Å²) in [5, 5.41) is 8.05. The molecule has 5 nitrogen and oxygen atoms in total. The van der Waals surface area contributed by atoms with Crippen molar-refractivity contribution in [1.29, 1.82) is 0 Å². The SMILES string of the molecule is CNC(=O)[C@H](C)NC(=O)C(NC)C(C)C. The fourth-order valence-electron chi connectivity index (χ4n) is 1.35. The van der Waals surface area contributed by atoms with Crippen molar-refractivity contribution in [2.45, 2.75) is 32.9 Å². The Balaban J connectivity index is 4.28. The van der Waals surface area contributed by atoms with Crippen molar-refractivity contribution in [3.63, 3.8) is 0 Å². The van der Waals surface area contributed by atoms with Gasteiger partial charge in [0, 0.05) is 7.05 Å². The number of hydrogen-bond acceptors (Lipinski definition) is 3. The fourth-order valence-corrected chi connectivity index (χ4v) is 1.35. The number of carbonyl (C=O) groups excluding carboxylic acids is 2. The Morgan fingerprint density at radius 1 is 1.00 bits per heavy atom. The molecule has 0 bridgehead atoms. The Bertz CT molecular complexity index is 229. The number of hydrogen-bond donors (Lipinski definition) is 3. The van der Waals surface area contributed by atoms with E-state index >= 15 is 0 Å². The van der Waals surface area contributed by atoms with E-state index in [1.807, 2.05) is 13.8 Å². The van der Waals surface area contributed by atoms with Crippen molar-refractivity contribution in [2.24, 2.45) is 5.92 Å². The molecule has 0 saturated carbocycles. The van der Waals surface area contributed by atoms with Crippen LogP contribution in [0.15, 0.2) is 0 Å². The summed E-state index contributed by atoms with van der Waals surface area (Å²) in [4.78, 5) is 22.9. The molecule has 0 aromatic carbocycles. The van der Waals surface area contributed by atoms with Gasteiger partial charge in [-0.2, -0.15) is 0 Å². The number of nitrogens with one attached hydrogen (secondary N) is 3. The Morgan fingerprint density at radius 3 is 1.87 bits per heavy atom. The molecule has 88 valence electrons. The average Bonchev–Trinajstić information content (AvgIpc) is 2.16. The van der Waals surface area contributed by atoms with E-state index in [1.54, 1.807) is 21.0 Å². The predicted molar refractivity (Wildman–Crippen MR) is 59.4 cm³/mol. The molecule has 0 fully saturated rings. The van der Waals surface area contributed by atoms with Crippen LogP contribution in [0.1, 0.15) is 20.8 Å². The van der Waals surface area contributed by atoms with Gasteiger partial charge in [-0.3, -0.25) is 9.59 Å². The standard InChI is InChI=1S/C10H21N3O2/c1-6(2)8(11-4)10(15)13-7(3)9(14)12-5/h6-8,11H,1-5H3,(H,12,14)(H,13,15)/t7-,8?/m0/s1. The highest BCUT2D eigenvalue weighted by molar-refractivity contribution is 5.89. The lowest BCUT2D eigenvalue weighted by molar-refractivity contribution is -0.129. The molecule has 0 radical (unpaired) electrons. The molecule has 0 rings (SSSR count). The Kier molecular flexibility index (Phi) is 5.93. The zero-order chi connectivity index (χ0) is 12.0. The zero-order valence-electron chi connectivity index (χ0n) is 10.0. The second-order valence-electron chi connectivity index (χ2n) is 3.85. The minimum Gasteiger partial charge on any atom is -0.357 e. The number of carbonyl (C=O) groups is 2. The van der Waals surface area contributed by atoms with Crippen LogP contribution in [-0.2, 0) is 9.59 Å². The van der Waals surface area contributed by atoms with Crippen molar-refractivity contribution in [2.75, 3.05) is 14.1 Å². The van der Waals surface area contributed by atoms with Crippen LogP contribution in [-0.4, -0.2) is 38.0 Å². The van der Waals surface area contributed by atoms with Crippen molar-refractivity contribution in [3.8, 4) is 0 Å². The van der Waals surface area contributed by atoms with Crippen LogP contribution in [0.25, 0.3) is 0 Å². The molecular weight excluding hydrogens is 194 g/mol. The van der Waals surface area contributed by atoms with E-state index in [-0.39, 0.29) is 23.8 Å². The van der Waals surface area contributed by atoms with Gasteiger partial charge in [-0.25, -0.2) is 0 Å². The van der Waals surface area contributed by atoms with E-state index in [2.05, 4.69) is 16.0 Å². The van der Waals surface area contributed by atoms with Crippen LogP contribution < -0.4 is 16.0 Å². The summed E-state index contributed by atoms with van der Waals surface area (Å²) in [5.74, 6) is -0.155. The van der Waals surface area contributed by atoms with Gasteiger partial charge in [-0.15, -0.1) is 0 Å². The summed E-state index contributed by atoms with van der Waals surface area (Å²) in [5.41, 5.74) is 0. The minimum absolute atomic E-state index is 0.149. The Morgan fingerprint density at radius 2 is 1.53 bits per heavy atom. The maximum atomic E-state index is 11.7. The molecule has 0 aliphatic rings. The lowest BCUT2D eigenvalue weighted by Crippen LogP contribution is -2.52. The second kappa shape index (κ2) is 6.40. The fraction of sp³-hybridized carbons (Fsp3) is 0.800. The first kappa shape index (κ1) is 13.9. The molecule has 15 heavy (non-hydrogen) atoms. The lowest BCUT2D eigenvalue weighted by Gasteiger charge is -2.21. The first-order valence-electron chi connectivity index (χ1n) is 5.13. The number of rotatable bonds is 5. The van der Waals surface area contributed by atoms with E-state index < -0.39 is 6.04 Å². The van der Waals surface area contributed by atoms with Crippen molar-refractivity contribution in [3.05, 3.63) is 0 Å². The predicted octanol–water partition coefficient (Wildman–Crippen LogP) is -0.519. The van der Waals surface area contributed by atoms with E-state index in [0.717, 1.165) is 0 Å². The van der Waals surface area contributed by atoms with E-state index in [1.165, 1.54) is 0 Å². The van der Waals surface area contributed by atoms with Gasteiger partial charge >= 0.3 is 0 Å². The van der Waals surface area contributed by atoms with E-state index in [9.17, 15) is 9.59 Å². The van der Waals surface area contributed by atoms with Gasteiger partial charge in [0.1, 0.15) is 6.04 Å². The molecule has 0 aliphatic carbocycles. The summed E-state index contributed by atoms with van der Waals surface area (Å²) in [6, 6.07) is -0.769. The Hall–Kier alpha value is -1.10. The van der Waals surface area contributed by atoms with Crippen LogP contribution in [0, 0.1) is 5.92 Å². The third-order valence-electron chi connectivity index (χ3n) is 2.26. The van der Waals surface area contributed by atoms with Gasteiger partial charge in [-0.1, -0.05) is 13.8 Å². The first-order chi connectivity index (χ1) is 6.93. The van der Waals surface area contributed by atoms with Crippen molar-refractivity contribution < 1.29 is 9.59 Å². The number of likely N-dealkylation sites (N-methyl/N-ethyl adjacent to an activating group) is 2. The highest BCUT2D eigenvalue weighted by Crippen LogP contribution is 2.01. The molecule has 0 aromatic rings. The summed E-state index contributed by atoms with van der Waals surface area (Å²) in [6.45, 7) is 5.56. The summed E-state index contributed by atoms with van der Waals surface area (Å²) >= 11 is 0. The first-order valence-corrected chi connectivity index (χ1v) is 5.13. The molecule has 5 heteroatoms. The molecule has 3 N–H and O–H groups in total. The molecular formula is C10H21N3O2. The summed E-state index contributed by atoms with van der Waals surface area (Å²) < 4.78 is 0. The zero-order valence-corrected chi connectivity index (χ0v) is 10.0. The normalized spacial score (nSPS) is 14.5. The maximum Gasteiger partial charge on any atom is 0.242 e. The molecule has 0 heterocycles. The minimum atomic E-state index is -0.503. The third-order valence-corrected chi connectivity index (χ3v) is 2.26. The van der Waals surface area contributed by atoms with Gasteiger partial charge < -0.3 is 16.0 Å². The van der Waals surface area contributed by atoms with Gasteiger partial charge in [0.15, 0.2) is 0 Å². The molecule has 0 saturated heterocycles. The molecule has 2 amide bonds. The summed E-state index contributed by atoms with van der Waals surface area (Å²) in [7, 11) is 3.28. The lowest BCUT2D eigenvalue weighted by atomic mass is 10.0. The van der Waals surface area contributed by atoms with Gasteiger partial charge in [0.2, 0.25) is 11.8 Å². The van der Waals surface area contributed by atoms with Crippen LogP contribution in [0.4, 0.5) is 0 Å². The molecule has 0 aromatic heterocycles. The highest BCUT2D eigenvalue weighted by atomic mass is 16.2. The van der Waals surface area contributed by atoms with Crippen LogP contribution >= 0.6 is 0 Å². The molecule has 2 atom stereocenters. The largest absolute Gasteiger partial charge is 0.357 e. The van der Waals surface area contributed by atoms with Crippen molar-refractivity contribution in [1.82, 2.24) is 16.0 Å². The number of amides is 2.